The Kier molecular flexibility index (Phi) is 13.6. The first-order chi connectivity index (χ1) is 18.3. The molecule has 0 saturated heterocycles. The van der Waals surface area contributed by atoms with Crippen molar-refractivity contribution >= 4 is 31.9 Å². The largest absolute Gasteiger partial charge is 0.524 e. The summed E-state index contributed by atoms with van der Waals surface area (Å²) in [7, 11) is 1.26. The Morgan fingerprint density at radius 2 is 1.46 bits per heavy atom. The van der Waals surface area contributed by atoms with Crippen molar-refractivity contribution in [2.24, 2.45) is 22.2 Å². The number of phosphoric ester groups is 1. The van der Waals surface area contributed by atoms with Gasteiger partial charge in [0.25, 0.3) is 0 Å². The number of rotatable bonds is 13. The molecule has 14 nitrogen and oxygen atoms in total. The van der Waals surface area contributed by atoms with Gasteiger partial charge in [-0.3, -0.25) is 19.6 Å². The summed E-state index contributed by atoms with van der Waals surface area (Å²) in [5.41, 5.74) is 16.7. The van der Waals surface area contributed by atoms with Crippen LogP contribution < -0.4 is 40.7 Å². The number of benzene rings is 2. The molecule has 0 aliphatic rings. The summed E-state index contributed by atoms with van der Waals surface area (Å²) in [5, 5.41) is 8.38. The number of aliphatic carboxylic acids is 1. The highest BCUT2D eigenvalue weighted by Gasteiger charge is 2.19. The molecular weight excluding hydrogens is 535 g/mol. The molecule has 0 radical (unpaired) electrons. The van der Waals surface area contributed by atoms with Gasteiger partial charge in [0, 0.05) is 6.54 Å². The fourth-order valence-corrected chi connectivity index (χ4v) is 3.43. The van der Waals surface area contributed by atoms with Gasteiger partial charge in [-0.1, -0.05) is 18.2 Å². The first kappa shape index (κ1) is 33.1. The molecule has 0 fully saturated rings. The molecule has 2 rings (SSSR count). The molecule has 39 heavy (non-hydrogen) atoms. The average Bonchev–Trinajstić information content (AvgIpc) is 2.88. The Bertz CT molecular complexity index is 1170. The molecule has 0 aliphatic heterocycles. The van der Waals surface area contributed by atoms with Crippen molar-refractivity contribution in [1.29, 1.82) is 0 Å². The van der Waals surface area contributed by atoms with Crippen molar-refractivity contribution in [3.63, 3.8) is 0 Å². The van der Waals surface area contributed by atoms with Crippen molar-refractivity contribution < 1.29 is 47.7 Å². The van der Waals surface area contributed by atoms with Crippen LogP contribution in [0.5, 0.6) is 28.7 Å². The maximum atomic E-state index is 11.1. The van der Waals surface area contributed by atoms with Crippen LogP contribution in [0.25, 0.3) is 12.2 Å². The van der Waals surface area contributed by atoms with Crippen LogP contribution >= 0.6 is 7.82 Å². The van der Waals surface area contributed by atoms with E-state index in [1.54, 1.807) is 36.4 Å². The third-order valence-corrected chi connectivity index (χ3v) is 5.28. The minimum Gasteiger partial charge on any atom is -0.493 e. The van der Waals surface area contributed by atoms with Gasteiger partial charge in [0.2, 0.25) is 5.75 Å². The minimum absolute atomic E-state index is 0.0129. The smallest absolute Gasteiger partial charge is 0.493 e. The van der Waals surface area contributed by atoms with Gasteiger partial charge in [-0.2, -0.15) is 0 Å². The van der Waals surface area contributed by atoms with Crippen molar-refractivity contribution in [3.05, 3.63) is 41.5 Å². The number of nitrogens with two attached hydrogens (primary N) is 3. The third kappa shape index (κ3) is 12.0. The van der Waals surface area contributed by atoms with Crippen LogP contribution in [0.4, 0.5) is 0 Å². The lowest BCUT2D eigenvalue weighted by Crippen LogP contribution is -2.30. The Morgan fingerprint density at radius 1 is 0.923 bits per heavy atom. The average molecular weight is 571 g/mol. The number of carbonyl (C=O) groups is 1. The number of phosphoric acid groups is 1. The highest BCUT2D eigenvalue weighted by atomic mass is 31.2. The standard InChI is InChI=1S/C18H21O8P.C6H14N4O2/c1-22-14-8-7-12(9-15(14)26-27(19,20)21)5-6-13-10-16(23-2)18(25-4)17(11-13)24-3;7-4(5(11)12)2-1-3-10-6(8)9/h5-11H,1-4H3,(H2,19,20,21);4H,1-3,7H2,(H,11,12)(H4,8,9,10)/b6-5-;. The zero-order chi connectivity index (χ0) is 29.6. The van der Waals surface area contributed by atoms with E-state index in [-0.39, 0.29) is 17.5 Å². The van der Waals surface area contributed by atoms with Gasteiger partial charge in [-0.25, -0.2) is 4.57 Å². The van der Waals surface area contributed by atoms with E-state index in [1.165, 1.54) is 34.5 Å². The van der Waals surface area contributed by atoms with Gasteiger partial charge < -0.3 is 45.8 Å². The van der Waals surface area contributed by atoms with E-state index in [0.29, 0.717) is 42.2 Å². The molecule has 0 bridgehead atoms. The third-order valence-electron chi connectivity index (χ3n) is 4.85. The summed E-state index contributed by atoms with van der Waals surface area (Å²) >= 11 is 0. The number of aliphatic imine (C=N–C) groups is 1. The second-order valence-electron chi connectivity index (χ2n) is 7.68. The van der Waals surface area contributed by atoms with Crippen molar-refractivity contribution in [1.82, 2.24) is 0 Å². The molecule has 0 aliphatic carbocycles. The van der Waals surface area contributed by atoms with Crippen LogP contribution in [0, 0.1) is 0 Å². The lowest BCUT2D eigenvalue weighted by molar-refractivity contribution is -0.138. The Morgan fingerprint density at radius 3 is 1.92 bits per heavy atom. The van der Waals surface area contributed by atoms with E-state index in [1.807, 2.05) is 0 Å². The van der Waals surface area contributed by atoms with E-state index in [4.69, 9.17) is 51.0 Å². The summed E-state index contributed by atoms with van der Waals surface area (Å²) in [6, 6.07) is 7.47. The Labute approximate surface area is 226 Å². The topological polar surface area (TPSA) is 231 Å². The lowest BCUT2D eigenvalue weighted by atomic mass is 10.1. The van der Waals surface area contributed by atoms with Gasteiger partial charge >= 0.3 is 13.8 Å². The van der Waals surface area contributed by atoms with E-state index < -0.39 is 19.8 Å². The van der Waals surface area contributed by atoms with Crippen LogP contribution in [0.2, 0.25) is 0 Å². The van der Waals surface area contributed by atoms with Gasteiger partial charge in [0.15, 0.2) is 29.0 Å². The number of nitrogens with zero attached hydrogens (tertiary/aromatic N) is 1. The molecule has 2 aromatic rings. The highest BCUT2D eigenvalue weighted by Crippen LogP contribution is 2.42. The summed E-state index contributed by atoms with van der Waals surface area (Å²) in [6.07, 6.45) is 4.48. The summed E-state index contributed by atoms with van der Waals surface area (Å²) in [5.74, 6) is 0.673. The predicted molar refractivity (Wildman–Crippen MR) is 146 cm³/mol. The molecule has 0 saturated carbocycles. The monoisotopic (exact) mass is 570 g/mol. The molecule has 1 atom stereocenters. The van der Waals surface area contributed by atoms with Gasteiger partial charge in [0.05, 0.1) is 28.4 Å². The van der Waals surface area contributed by atoms with Crippen molar-refractivity contribution in [2.75, 3.05) is 35.0 Å². The number of carboxylic acid groups (broad SMARTS) is 1. The number of carboxylic acids is 1. The van der Waals surface area contributed by atoms with E-state index in [0.717, 1.165) is 5.56 Å². The molecule has 0 heterocycles. The molecule has 15 heteroatoms. The number of methoxy groups -OCH3 is 4. The van der Waals surface area contributed by atoms with Crippen LogP contribution in [0.15, 0.2) is 35.3 Å². The molecule has 216 valence electrons. The van der Waals surface area contributed by atoms with E-state index in [9.17, 15) is 9.36 Å². The summed E-state index contributed by atoms with van der Waals surface area (Å²) in [6.45, 7) is 0.420. The van der Waals surface area contributed by atoms with Crippen LogP contribution in [0.3, 0.4) is 0 Å². The normalized spacial score (nSPS) is 11.6. The SMILES string of the molecule is COc1ccc(/C=C\c2cc(OC)c(OC)c(OC)c2)cc1OP(=O)(O)O.NC(N)=NCCCC(N)C(=O)O. The maximum Gasteiger partial charge on any atom is 0.524 e. The zero-order valence-corrected chi connectivity index (χ0v) is 23.0. The van der Waals surface area contributed by atoms with Gasteiger partial charge in [-0.05, 0) is 48.2 Å². The predicted octanol–water partition coefficient (Wildman–Crippen LogP) is 1.81. The van der Waals surface area contributed by atoms with Crippen LogP contribution in [-0.4, -0.2) is 67.8 Å². The van der Waals surface area contributed by atoms with Crippen LogP contribution in [0.1, 0.15) is 24.0 Å². The molecule has 0 aromatic heterocycles. The quantitative estimate of drug-likeness (QED) is 0.0664. The molecular formula is C24H35N4O10P. The van der Waals surface area contributed by atoms with Gasteiger partial charge in [-0.15, -0.1) is 0 Å². The fraction of sp³-hybridized carbons (Fsp3) is 0.333. The molecule has 1 unspecified atom stereocenters. The Hall–Kier alpha value is -3.97. The first-order valence-electron chi connectivity index (χ1n) is 11.3. The van der Waals surface area contributed by atoms with E-state index >= 15 is 0 Å². The van der Waals surface area contributed by atoms with Crippen molar-refractivity contribution in [2.45, 2.75) is 18.9 Å². The van der Waals surface area contributed by atoms with Crippen LogP contribution in [-0.2, 0) is 9.36 Å². The summed E-state index contributed by atoms with van der Waals surface area (Å²) in [4.78, 5) is 32.0. The zero-order valence-electron chi connectivity index (χ0n) is 22.1. The second kappa shape index (κ2) is 16.1. The lowest BCUT2D eigenvalue weighted by Gasteiger charge is -2.13. The molecule has 0 spiro atoms. The van der Waals surface area contributed by atoms with E-state index in [2.05, 4.69) is 9.52 Å². The second-order valence-corrected chi connectivity index (χ2v) is 8.84. The maximum absolute atomic E-state index is 11.1. The summed E-state index contributed by atoms with van der Waals surface area (Å²) < 4.78 is 36.8. The fourth-order valence-electron chi connectivity index (χ4n) is 3.03. The number of guanidine groups is 1. The van der Waals surface area contributed by atoms with Gasteiger partial charge in [0.1, 0.15) is 6.04 Å². The molecule has 2 aromatic carbocycles. The molecule has 0 amide bonds. The Balaban J connectivity index is 0.000000534. The number of hydrogen-bond donors (Lipinski definition) is 6. The number of hydrogen-bond acceptors (Lipinski definition) is 9. The highest BCUT2D eigenvalue weighted by molar-refractivity contribution is 7.46. The van der Waals surface area contributed by atoms with Crippen molar-refractivity contribution in [3.8, 4) is 28.7 Å². The number of ether oxygens (including phenoxy) is 4. The minimum atomic E-state index is -4.71. The first-order valence-corrected chi connectivity index (χ1v) is 12.8. The molecule has 9 N–H and O–H groups in total.